The molecule has 0 aliphatic rings. The number of aromatic amines is 1. The van der Waals surface area contributed by atoms with Crippen LogP contribution in [-0.2, 0) is 11.3 Å². The summed E-state index contributed by atoms with van der Waals surface area (Å²) in [6.07, 6.45) is 0. The van der Waals surface area contributed by atoms with E-state index >= 15 is 0 Å². The highest BCUT2D eigenvalue weighted by Gasteiger charge is 2.10. The maximum atomic E-state index is 12.4. The van der Waals surface area contributed by atoms with Gasteiger partial charge in [0.15, 0.2) is 0 Å². The van der Waals surface area contributed by atoms with Crippen molar-refractivity contribution in [2.24, 2.45) is 0 Å². The average Bonchev–Trinajstić information content (AvgIpc) is 2.87. The fraction of sp³-hybridized carbons (Fsp3) is 0.222. The van der Waals surface area contributed by atoms with E-state index < -0.39 is 0 Å². The Kier molecular flexibility index (Phi) is 4.47. The Hall–Kier alpha value is -3.22. The number of benzene rings is 1. The van der Waals surface area contributed by atoms with Gasteiger partial charge in [-0.15, -0.1) is 0 Å². The number of aromatic nitrogens is 4. The van der Waals surface area contributed by atoms with E-state index in [1.54, 1.807) is 10.7 Å². The summed E-state index contributed by atoms with van der Waals surface area (Å²) >= 11 is 0. The predicted octanol–water partition coefficient (Wildman–Crippen LogP) is 2.20. The summed E-state index contributed by atoms with van der Waals surface area (Å²) in [4.78, 5) is 23.5. The van der Waals surface area contributed by atoms with Gasteiger partial charge < -0.3 is 5.32 Å². The second-order valence-corrected chi connectivity index (χ2v) is 5.97. The number of carbonyl (C=O) groups excluding carboxylic acids is 1. The van der Waals surface area contributed by atoms with E-state index in [-0.39, 0.29) is 18.0 Å². The number of nitrogens with zero attached hydrogens (tertiary/aromatic N) is 3. The van der Waals surface area contributed by atoms with Gasteiger partial charge in [0.1, 0.15) is 6.54 Å². The fourth-order valence-electron chi connectivity index (χ4n) is 2.58. The van der Waals surface area contributed by atoms with Crippen LogP contribution in [0.3, 0.4) is 0 Å². The van der Waals surface area contributed by atoms with Crippen molar-refractivity contribution in [2.45, 2.75) is 27.3 Å². The molecule has 0 fully saturated rings. The van der Waals surface area contributed by atoms with Gasteiger partial charge in [-0.3, -0.25) is 14.3 Å². The minimum absolute atomic E-state index is 0.152. The molecule has 3 rings (SSSR count). The Morgan fingerprint density at radius 3 is 2.60 bits per heavy atom. The Morgan fingerprint density at radius 2 is 1.96 bits per heavy atom. The molecule has 2 heterocycles. The van der Waals surface area contributed by atoms with Crippen molar-refractivity contribution in [3.63, 3.8) is 0 Å². The van der Waals surface area contributed by atoms with Gasteiger partial charge in [-0.05, 0) is 44.5 Å². The Balaban J connectivity index is 1.81. The molecule has 7 heteroatoms. The number of aryl methyl sites for hydroxylation is 3. The van der Waals surface area contributed by atoms with Gasteiger partial charge in [0.25, 0.3) is 5.56 Å². The van der Waals surface area contributed by atoms with Crippen LogP contribution in [0.5, 0.6) is 0 Å². The number of H-pyrrole nitrogens is 1. The van der Waals surface area contributed by atoms with Crippen LogP contribution < -0.4 is 10.9 Å². The number of hydrogen-bond donors (Lipinski definition) is 2. The number of hydrogen-bond acceptors (Lipinski definition) is 4. The van der Waals surface area contributed by atoms with Crippen molar-refractivity contribution in [1.82, 2.24) is 20.0 Å². The van der Waals surface area contributed by atoms with Gasteiger partial charge in [0.05, 0.1) is 11.4 Å². The molecular weight excluding hydrogens is 318 g/mol. The van der Waals surface area contributed by atoms with Crippen LogP contribution in [0.15, 0.2) is 41.2 Å². The topological polar surface area (TPSA) is 92.7 Å². The smallest absolute Gasteiger partial charge is 0.264 e. The van der Waals surface area contributed by atoms with E-state index in [2.05, 4.69) is 20.6 Å². The summed E-state index contributed by atoms with van der Waals surface area (Å²) in [6.45, 7) is 5.89. The van der Waals surface area contributed by atoms with E-state index in [1.807, 2.05) is 45.0 Å². The van der Waals surface area contributed by atoms with Crippen molar-refractivity contribution in [3.05, 3.63) is 63.7 Å². The van der Waals surface area contributed by atoms with Crippen LogP contribution in [0.25, 0.3) is 11.3 Å². The first kappa shape index (κ1) is 16.6. The molecule has 0 unspecified atom stereocenters. The first-order valence-electron chi connectivity index (χ1n) is 7.90. The number of anilines is 1. The second-order valence-electron chi connectivity index (χ2n) is 5.97. The molecule has 0 aliphatic carbocycles. The van der Waals surface area contributed by atoms with E-state index in [0.29, 0.717) is 11.4 Å². The lowest BCUT2D eigenvalue weighted by atomic mass is 10.1. The first-order chi connectivity index (χ1) is 11.9. The van der Waals surface area contributed by atoms with E-state index in [9.17, 15) is 9.59 Å². The van der Waals surface area contributed by atoms with Crippen LogP contribution in [-0.4, -0.2) is 25.9 Å². The average molecular weight is 337 g/mol. The lowest BCUT2D eigenvalue weighted by Gasteiger charge is -2.11. The lowest BCUT2D eigenvalue weighted by Crippen LogP contribution is -2.20. The molecule has 0 atom stereocenters. The van der Waals surface area contributed by atoms with Crippen molar-refractivity contribution >= 4 is 11.6 Å². The quantitative estimate of drug-likeness (QED) is 0.763. The SMILES string of the molecule is Cc1cc(C)n(CC(=O)Nc2cc(-c3ccc(=O)[nH]n3)ccc2C)n1. The number of nitrogens with one attached hydrogen (secondary N) is 2. The van der Waals surface area contributed by atoms with E-state index in [0.717, 1.165) is 22.5 Å². The molecule has 25 heavy (non-hydrogen) atoms. The molecule has 0 saturated heterocycles. The lowest BCUT2D eigenvalue weighted by molar-refractivity contribution is -0.116. The van der Waals surface area contributed by atoms with Gasteiger partial charge in [0.2, 0.25) is 5.91 Å². The zero-order valence-corrected chi connectivity index (χ0v) is 14.3. The summed E-state index contributed by atoms with van der Waals surface area (Å²) in [7, 11) is 0. The molecule has 2 aromatic heterocycles. The van der Waals surface area contributed by atoms with Crippen LogP contribution in [0.2, 0.25) is 0 Å². The molecule has 2 N–H and O–H groups in total. The highest BCUT2D eigenvalue weighted by atomic mass is 16.2. The van der Waals surface area contributed by atoms with Crippen LogP contribution in [0.4, 0.5) is 5.69 Å². The largest absolute Gasteiger partial charge is 0.324 e. The zero-order valence-electron chi connectivity index (χ0n) is 14.3. The summed E-state index contributed by atoms with van der Waals surface area (Å²) in [5, 5.41) is 13.6. The highest BCUT2D eigenvalue weighted by molar-refractivity contribution is 5.92. The molecular formula is C18H19N5O2. The molecule has 0 radical (unpaired) electrons. The Bertz CT molecular complexity index is 967. The maximum absolute atomic E-state index is 12.4. The van der Waals surface area contributed by atoms with Crippen LogP contribution in [0, 0.1) is 20.8 Å². The molecule has 0 spiro atoms. The van der Waals surface area contributed by atoms with Gasteiger partial charge in [-0.2, -0.15) is 10.2 Å². The zero-order chi connectivity index (χ0) is 18.0. The standard InChI is InChI=1S/C18H19N5O2/c1-11-4-5-14(15-6-7-17(24)21-20-15)9-16(11)19-18(25)10-23-13(3)8-12(2)22-23/h4-9H,10H2,1-3H3,(H,19,25)(H,21,24). The van der Waals surface area contributed by atoms with Gasteiger partial charge in [-0.25, -0.2) is 5.10 Å². The first-order valence-corrected chi connectivity index (χ1v) is 7.90. The number of rotatable bonds is 4. The van der Waals surface area contributed by atoms with E-state index in [1.165, 1.54) is 6.07 Å². The molecule has 1 aromatic carbocycles. The Labute approximate surface area is 144 Å². The Morgan fingerprint density at radius 1 is 1.16 bits per heavy atom. The summed E-state index contributed by atoms with van der Waals surface area (Å²) < 4.78 is 1.67. The van der Waals surface area contributed by atoms with Gasteiger partial charge in [-0.1, -0.05) is 12.1 Å². The second kappa shape index (κ2) is 6.72. The van der Waals surface area contributed by atoms with Gasteiger partial charge in [0, 0.05) is 23.0 Å². The van der Waals surface area contributed by atoms with E-state index in [4.69, 9.17) is 0 Å². The number of carbonyl (C=O) groups is 1. The highest BCUT2D eigenvalue weighted by Crippen LogP contribution is 2.23. The van der Waals surface area contributed by atoms with Crippen LogP contribution >= 0.6 is 0 Å². The van der Waals surface area contributed by atoms with Crippen molar-refractivity contribution in [3.8, 4) is 11.3 Å². The summed E-state index contributed by atoms with van der Waals surface area (Å²) in [5.74, 6) is -0.152. The summed E-state index contributed by atoms with van der Waals surface area (Å²) in [6, 6.07) is 10.6. The minimum atomic E-state index is -0.255. The molecule has 0 saturated carbocycles. The third-order valence-corrected chi connectivity index (χ3v) is 3.88. The normalized spacial score (nSPS) is 10.7. The summed E-state index contributed by atoms with van der Waals surface area (Å²) in [5.41, 5.74) is 4.65. The third kappa shape index (κ3) is 3.82. The maximum Gasteiger partial charge on any atom is 0.264 e. The van der Waals surface area contributed by atoms with Crippen LogP contribution in [0.1, 0.15) is 17.0 Å². The van der Waals surface area contributed by atoms with Gasteiger partial charge >= 0.3 is 0 Å². The van der Waals surface area contributed by atoms with Crippen molar-refractivity contribution in [1.29, 1.82) is 0 Å². The molecule has 128 valence electrons. The number of amides is 1. The molecule has 0 aliphatic heterocycles. The van der Waals surface area contributed by atoms with Crippen molar-refractivity contribution < 1.29 is 4.79 Å². The molecule has 3 aromatic rings. The third-order valence-electron chi connectivity index (χ3n) is 3.88. The molecule has 1 amide bonds. The fourth-order valence-corrected chi connectivity index (χ4v) is 2.58. The van der Waals surface area contributed by atoms with Crippen molar-refractivity contribution in [2.75, 3.05) is 5.32 Å². The monoisotopic (exact) mass is 337 g/mol. The minimum Gasteiger partial charge on any atom is -0.324 e. The molecule has 0 bridgehead atoms. The molecule has 7 nitrogen and oxygen atoms in total. The predicted molar refractivity (Wildman–Crippen MR) is 95.4 cm³/mol.